The first-order valence-corrected chi connectivity index (χ1v) is 10.4. The van der Waals surface area contributed by atoms with E-state index in [2.05, 4.69) is 10.00 Å². The molecule has 2 fully saturated rings. The zero-order valence-electron chi connectivity index (χ0n) is 16.4. The molecular formula is C20H23ClF3N5O. The van der Waals surface area contributed by atoms with Gasteiger partial charge in [0.2, 0.25) is 0 Å². The van der Waals surface area contributed by atoms with Gasteiger partial charge in [-0.2, -0.15) is 23.0 Å². The summed E-state index contributed by atoms with van der Waals surface area (Å²) in [5.74, 6) is 0. The van der Waals surface area contributed by atoms with Crippen molar-refractivity contribution >= 4 is 23.3 Å². The minimum absolute atomic E-state index is 0.228. The van der Waals surface area contributed by atoms with Gasteiger partial charge >= 0.3 is 12.2 Å². The quantitative estimate of drug-likeness (QED) is 0.723. The summed E-state index contributed by atoms with van der Waals surface area (Å²) >= 11 is 5.83. The van der Waals surface area contributed by atoms with Crippen LogP contribution in [-0.4, -0.2) is 64.9 Å². The number of benzene rings is 1. The summed E-state index contributed by atoms with van der Waals surface area (Å²) in [7, 11) is 0. The molecule has 2 saturated heterocycles. The van der Waals surface area contributed by atoms with E-state index in [0.717, 1.165) is 37.6 Å². The molecule has 10 heteroatoms. The zero-order valence-corrected chi connectivity index (χ0v) is 17.2. The third-order valence-electron chi connectivity index (χ3n) is 5.64. The molecule has 0 radical (unpaired) electrons. The summed E-state index contributed by atoms with van der Waals surface area (Å²) in [5, 5.41) is 4.35. The summed E-state index contributed by atoms with van der Waals surface area (Å²) in [4.78, 5) is 18.4. The molecule has 0 unspecified atom stereocenters. The Morgan fingerprint density at radius 3 is 2.37 bits per heavy atom. The number of anilines is 1. The van der Waals surface area contributed by atoms with Crippen LogP contribution in [0.25, 0.3) is 0 Å². The van der Waals surface area contributed by atoms with E-state index in [4.69, 9.17) is 11.6 Å². The lowest BCUT2D eigenvalue weighted by atomic mass is 10.1. The van der Waals surface area contributed by atoms with Gasteiger partial charge in [-0.05, 0) is 30.5 Å². The van der Waals surface area contributed by atoms with Crippen LogP contribution in [0.4, 0.5) is 23.7 Å². The molecule has 1 amide bonds. The van der Waals surface area contributed by atoms with Crippen LogP contribution in [0.15, 0.2) is 30.6 Å². The van der Waals surface area contributed by atoms with Crippen molar-refractivity contribution in [2.24, 2.45) is 0 Å². The van der Waals surface area contributed by atoms with Gasteiger partial charge in [0.15, 0.2) is 0 Å². The van der Waals surface area contributed by atoms with Gasteiger partial charge in [0.05, 0.1) is 23.0 Å². The minimum atomic E-state index is -4.35. The number of carbonyl (C=O) groups is 1. The van der Waals surface area contributed by atoms with Crippen molar-refractivity contribution in [3.63, 3.8) is 0 Å². The fourth-order valence-corrected chi connectivity index (χ4v) is 4.15. The molecule has 2 aliphatic rings. The second-order valence-electron chi connectivity index (χ2n) is 7.68. The Bertz CT molecular complexity index is 902. The molecule has 6 nitrogen and oxygen atoms in total. The third-order valence-corrected chi connectivity index (χ3v) is 5.84. The number of aromatic nitrogens is 2. The van der Waals surface area contributed by atoms with Crippen LogP contribution in [0.5, 0.6) is 0 Å². The molecule has 4 rings (SSSR count). The van der Waals surface area contributed by atoms with Gasteiger partial charge in [-0.15, -0.1) is 0 Å². The molecule has 0 atom stereocenters. The van der Waals surface area contributed by atoms with E-state index in [1.807, 2.05) is 4.90 Å². The molecule has 0 N–H and O–H groups in total. The molecule has 162 valence electrons. The number of rotatable bonds is 3. The van der Waals surface area contributed by atoms with Crippen molar-refractivity contribution in [3.05, 3.63) is 46.7 Å². The highest BCUT2D eigenvalue weighted by Gasteiger charge is 2.32. The lowest BCUT2D eigenvalue weighted by Crippen LogP contribution is -2.49. The summed E-state index contributed by atoms with van der Waals surface area (Å²) in [6.07, 6.45) is 0.525. The monoisotopic (exact) mass is 441 g/mol. The minimum Gasteiger partial charge on any atom is -0.371 e. The first kappa shape index (κ1) is 21.0. The maximum absolute atomic E-state index is 13.2. The topological polar surface area (TPSA) is 44.6 Å². The van der Waals surface area contributed by atoms with Crippen LogP contribution in [0.1, 0.15) is 24.0 Å². The molecule has 2 aromatic rings. The van der Waals surface area contributed by atoms with Crippen LogP contribution >= 0.6 is 11.6 Å². The van der Waals surface area contributed by atoms with E-state index in [1.54, 1.807) is 11.0 Å². The molecular weight excluding hydrogens is 419 g/mol. The lowest BCUT2D eigenvalue weighted by molar-refractivity contribution is -0.137. The van der Waals surface area contributed by atoms with Gasteiger partial charge in [-0.1, -0.05) is 17.7 Å². The zero-order chi connectivity index (χ0) is 21.3. The average Bonchev–Trinajstić information content (AvgIpc) is 3.39. The molecule has 1 aromatic heterocycles. The summed E-state index contributed by atoms with van der Waals surface area (Å²) in [5.41, 5.74) is 0.956. The average molecular weight is 442 g/mol. The van der Waals surface area contributed by atoms with Crippen LogP contribution in [0, 0.1) is 0 Å². The molecule has 0 spiro atoms. The van der Waals surface area contributed by atoms with E-state index in [9.17, 15) is 18.0 Å². The summed E-state index contributed by atoms with van der Waals surface area (Å²) < 4.78 is 40.9. The van der Waals surface area contributed by atoms with Gasteiger partial charge in [0, 0.05) is 51.5 Å². The van der Waals surface area contributed by atoms with Gasteiger partial charge < -0.3 is 9.80 Å². The highest BCUT2D eigenvalue weighted by Crippen LogP contribution is 2.35. The highest BCUT2D eigenvalue weighted by molar-refractivity contribution is 6.30. The van der Waals surface area contributed by atoms with E-state index in [0.29, 0.717) is 43.4 Å². The maximum atomic E-state index is 13.2. The fourth-order valence-electron chi connectivity index (χ4n) is 4.01. The Morgan fingerprint density at radius 2 is 1.77 bits per heavy atom. The van der Waals surface area contributed by atoms with Crippen molar-refractivity contribution in [1.82, 2.24) is 19.6 Å². The molecule has 0 aliphatic carbocycles. The number of amides is 1. The standard InChI is InChI=1S/C20H23ClF3N5O/c21-17-12-25-29(14-17)19(30)28-9-7-26(8-10-28)13-15-3-4-16(20(22,23)24)11-18(15)27-5-1-2-6-27/h3-4,11-12,14H,1-2,5-10,13H2. The Hall–Kier alpha value is -2.26. The van der Waals surface area contributed by atoms with Crippen LogP contribution in [-0.2, 0) is 12.7 Å². The number of piperazine rings is 1. The van der Waals surface area contributed by atoms with Gasteiger partial charge in [-0.3, -0.25) is 4.90 Å². The maximum Gasteiger partial charge on any atom is 0.416 e. The second kappa shape index (κ2) is 8.47. The predicted molar refractivity (Wildman–Crippen MR) is 108 cm³/mol. The van der Waals surface area contributed by atoms with Crippen molar-refractivity contribution in [2.75, 3.05) is 44.2 Å². The van der Waals surface area contributed by atoms with E-state index in [1.165, 1.54) is 23.1 Å². The molecule has 0 saturated carbocycles. The van der Waals surface area contributed by atoms with E-state index >= 15 is 0 Å². The van der Waals surface area contributed by atoms with Crippen LogP contribution in [0.2, 0.25) is 5.02 Å². The first-order chi connectivity index (χ1) is 14.3. The molecule has 3 heterocycles. The smallest absolute Gasteiger partial charge is 0.371 e. The molecule has 0 bridgehead atoms. The predicted octanol–water partition coefficient (Wildman–Crippen LogP) is 3.94. The number of halogens is 4. The SMILES string of the molecule is O=C(N1CCN(Cc2ccc(C(F)(F)F)cc2N2CCCC2)CC1)n1cc(Cl)cn1. The van der Waals surface area contributed by atoms with Crippen LogP contribution < -0.4 is 4.90 Å². The molecule has 30 heavy (non-hydrogen) atoms. The van der Waals surface area contributed by atoms with Crippen LogP contribution in [0.3, 0.4) is 0 Å². The normalized spacial score (nSPS) is 18.3. The Labute approximate surface area is 177 Å². The number of hydrogen-bond acceptors (Lipinski definition) is 4. The van der Waals surface area contributed by atoms with Gasteiger partial charge in [-0.25, -0.2) is 4.79 Å². The molecule has 2 aliphatic heterocycles. The van der Waals surface area contributed by atoms with Crippen molar-refractivity contribution < 1.29 is 18.0 Å². The van der Waals surface area contributed by atoms with Crippen molar-refractivity contribution in [3.8, 4) is 0 Å². The summed E-state index contributed by atoms with van der Waals surface area (Å²) in [6, 6.07) is 3.81. The second-order valence-corrected chi connectivity index (χ2v) is 8.12. The number of carbonyl (C=O) groups excluding carboxylic acids is 1. The molecule has 1 aromatic carbocycles. The highest BCUT2D eigenvalue weighted by atomic mass is 35.5. The number of nitrogens with zero attached hydrogens (tertiary/aromatic N) is 5. The summed E-state index contributed by atoms with van der Waals surface area (Å²) in [6.45, 7) is 4.44. The van der Waals surface area contributed by atoms with E-state index in [-0.39, 0.29) is 6.03 Å². The largest absolute Gasteiger partial charge is 0.416 e. The van der Waals surface area contributed by atoms with Crippen molar-refractivity contribution in [1.29, 1.82) is 0 Å². The first-order valence-electron chi connectivity index (χ1n) is 9.98. The third kappa shape index (κ3) is 4.57. The van der Waals surface area contributed by atoms with Gasteiger partial charge in [0.1, 0.15) is 0 Å². The Balaban J connectivity index is 1.44. The Kier molecular flexibility index (Phi) is 5.92. The Morgan fingerprint density at radius 1 is 1.07 bits per heavy atom. The fraction of sp³-hybridized carbons (Fsp3) is 0.500. The number of alkyl halides is 3. The number of hydrogen-bond donors (Lipinski definition) is 0. The lowest BCUT2D eigenvalue weighted by Gasteiger charge is -2.35. The van der Waals surface area contributed by atoms with Crippen molar-refractivity contribution in [2.45, 2.75) is 25.6 Å². The van der Waals surface area contributed by atoms with E-state index < -0.39 is 11.7 Å². The van der Waals surface area contributed by atoms with Gasteiger partial charge in [0.25, 0.3) is 0 Å².